The van der Waals surface area contributed by atoms with Crippen molar-refractivity contribution < 1.29 is 0 Å². The van der Waals surface area contributed by atoms with Gasteiger partial charge in [-0.25, -0.2) is 0 Å². The number of hydrogen-bond donors (Lipinski definition) is 1. The molecule has 0 spiro atoms. The van der Waals surface area contributed by atoms with Gasteiger partial charge in [0.2, 0.25) is 0 Å². The Bertz CT molecular complexity index is 446. The molecule has 0 bridgehead atoms. The fourth-order valence-electron chi connectivity index (χ4n) is 3.66. The van der Waals surface area contributed by atoms with E-state index < -0.39 is 0 Å². The van der Waals surface area contributed by atoms with Crippen molar-refractivity contribution in [2.24, 2.45) is 0 Å². The molecule has 2 unspecified atom stereocenters. The molecule has 2 saturated heterocycles. The first-order valence-corrected chi connectivity index (χ1v) is 8.01. The first-order chi connectivity index (χ1) is 9.74. The van der Waals surface area contributed by atoms with Crippen molar-refractivity contribution in [3.63, 3.8) is 0 Å². The van der Waals surface area contributed by atoms with Crippen LogP contribution in [0.2, 0.25) is 0 Å². The summed E-state index contributed by atoms with van der Waals surface area (Å²) in [6.07, 6.45) is 2.79. The fourth-order valence-corrected chi connectivity index (χ4v) is 3.66. The second kappa shape index (κ2) is 6.15. The van der Waals surface area contributed by atoms with Crippen LogP contribution in [0.4, 0.5) is 5.69 Å². The van der Waals surface area contributed by atoms with E-state index in [9.17, 15) is 0 Å². The van der Waals surface area contributed by atoms with Crippen LogP contribution in [-0.2, 0) is 0 Å². The maximum atomic E-state index is 3.59. The van der Waals surface area contributed by atoms with Crippen LogP contribution in [0.5, 0.6) is 0 Å². The molecule has 2 aliphatic rings. The third kappa shape index (κ3) is 2.99. The SMILES string of the molecule is Cc1ccccc1NCCN1CC2CCCN2CC1C. The van der Waals surface area contributed by atoms with E-state index in [-0.39, 0.29) is 0 Å². The lowest BCUT2D eigenvalue weighted by Crippen LogP contribution is -2.55. The lowest BCUT2D eigenvalue weighted by Gasteiger charge is -2.42. The van der Waals surface area contributed by atoms with Gasteiger partial charge in [-0.2, -0.15) is 0 Å². The minimum Gasteiger partial charge on any atom is -0.384 e. The lowest BCUT2D eigenvalue weighted by atomic mass is 10.1. The highest BCUT2D eigenvalue weighted by molar-refractivity contribution is 5.50. The zero-order valence-electron chi connectivity index (χ0n) is 12.8. The van der Waals surface area contributed by atoms with Crippen LogP contribution in [0.25, 0.3) is 0 Å². The highest BCUT2D eigenvalue weighted by atomic mass is 15.3. The Morgan fingerprint density at radius 1 is 1.25 bits per heavy atom. The van der Waals surface area contributed by atoms with Gasteiger partial charge >= 0.3 is 0 Å². The Kier molecular flexibility index (Phi) is 4.27. The second-order valence-electron chi connectivity index (χ2n) is 6.38. The van der Waals surface area contributed by atoms with Gasteiger partial charge in [-0.05, 0) is 44.9 Å². The van der Waals surface area contributed by atoms with E-state index in [1.54, 1.807) is 0 Å². The van der Waals surface area contributed by atoms with E-state index in [0.717, 1.165) is 19.1 Å². The molecule has 0 radical (unpaired) electrons. The van der Waals surface area contributed by atoms with E-state index in [1.807, 2.05) is 0 Å². The average Bonchev–Trinajstić information content (AvgIpc) is 2.88. The second-order valence-corrected chi connectivity index (χ2v) is 6.38. The van der Waals surface area contributed by atoms with Crippen LogP contribution in [0, 0.1) is 6.92 Å². The van der Waals surface area contributed by atoms with Crippen molar-refractivity contribution in [3.05, 3.63) is 29.8 Å². The minimum absolute atomic E-state index is 0.697. The normalized spacial score (nSPS) is 27.5. The average molecular weight is 273 g/mol. The molecule has 20 heavy (non-hydrogen) atoms. The smallest absolute Gasteiger partial charge is 0.0370 e. The number of nitrogens with one attached hydrogen (secondary N) is 1. The Morgan fingerprint density at radius 3 is 2.95 bits per heavy atom. The Labute approximate surface area is 123 Å². The molecule has 0 saturated carbocycles. The molecule has 2 fully saturated rings. The number of hydrogen-bond acceptors (Lipinski definition) is 3. The monoisotopic (exact) mass is 273 g/mol. The van der Waals surface area contributed by atoms with Gasteiger partial charge in [0.05, 0.1) is 0 Å². The van der Waals surface area contributed by atoms with Crippen LogP contribution in [-0.4, -0.2) is 54.6 Å². The summed E-state index contributed by atoms with van der Waals surface area (Å²) < 4.78 is 0. The summed E-state index contributed by atoms with van der Waals surface area (Å²) in [5.41, 5.74) is 2.61. The molecular formula is C17H27N3. The van der Waals surface area contributed by atoms with Gasteiger partial charge in [-0.1, -0.05) is 18.2 Å². The van der Waals surface area contributed by atoms with Crippen molar-refractivity contribution >= 4 is 5.69 Å². The molecular weight excluding hydrogens is 246 g/mol. The summed E-state index contributed by atoms with van der Waals surface area (Å²) in [4.78, 5) is 5.35. The van der Waals surface area contributed by atoms with Crippen LogP contribution in [0.3, 0.4) is 0 Å². The summed E-state index contributed by atoms with van der Waals surface area (Å²) in [7, 11) is 0. The largest absolute Gasteiger partial charge is 0.384 e. The number of fused-ring (bicyclic) bond motifs is 1. The van der Waals surface area contributed by atoms with Gasteiger partial charge < -0.3 is 5.32 Å². The molecule has 3 nitrogen and oxygen atoms in total. The van der Waals surface area contributed by atoms with E-state index in [1.165, 1.54) is 43.7 Å². The van der Waals surface area contributed by atoms with Crippen molar-refractivity contribution in [2.75, 3.05) is 38.0 Å². The van der Waals surface area contributed by atoms with Gasteiger partial charge in [0.25, 0.3) is 0 Å². The quantitative estimate of drug-likeness (QED) is 0.909. The first-order valence-electron chi connectivity index (χ1n) is 8.01. The maximum absolute atomic E-state index is 3.59. The third-order valence-corrected chi connectivity index (χ3v) is 4.93. The zero-order chi connectivity index (χ0) is 13.9. The van der Waals surface area contributed by atoms with E-state index >= 15 is 0 Å². The summed E-state index contributed by atoms with van der Waals surface area (Å²) in [5, 5.41) is 3.59. The number of aryl methyl sites for hydroxylation is 1. The number of para-hydroxylation sites is 1. The number of nitrogens with zero attached hydrogens (tertiary/aromatic N) is 2. The molecule has 0 aromatic heterocycles. The molecule has 2 atom stereocenters. The van der Waals surface area contributed by atoms with E-state index in [2.05, 4.69) is 53.2 Å². The summed E-state index contributed by atoms with van der Waals surface area (Å²) in [6, 6.07) is 10.1. The fraction of sp³-hybridized carbons (Fsp3) is 0.647. The highest BCUT2D eigenvalue weighted by Gasteiger charge is 2.33. The van der Waals surface area contributed by atoms with Gasteiger partial charge in [-0.3, -0.25) is 9.80 Å². The molecule has 1 aromatic carbocycles. The van der Waals surface area contributed by atoms with Crippen LogP contribution >= 0.6 is 0 Å². The van der Waals surface area contributed by atoms with Crippen LogP contribution in [0.1, 0.15) is 25.3 Å². The minimum atomic E-state index is 0.697. The van der Waals surface area contributed by atoms with Crippen molar-refractivity contribution in [1.29, 1.82) is 0 Å². The van der Waals surface area contributed by atoms with Crippen LogP contribution < -0.4 is 5.32 Å². The predicted molar refractivity (Wildman–Crippen MR) is 85.3 cm³/mol. The van der Waals surface area contributed by atoms with E-state index in [0.29, 0.717) is 6.04 Å². The molecule has 0 aliphatic carbocycles. The molecule has 2 heterocycles. The molecule has 0 amide bonds. The van der Waals surface area contributed by atoms with Gasteiger partial charge in [-0.15, -0.1) is 0 Å². The number of anilines is 1. The van der Waals surface area contributed by atoms with Crippen LogP contribution in [0.15, 0.2) is 24.3 Å². The topological polar surface area (TPSA) is 18.5 Å². The molecule has 3 heteroatoms. The standard InChI is InChI=1S/C17H27N3/c1-14-6-3-4-8-17(14)18-9-11-19-13-16-7-5-10-20(16)12-15(19)2/h3-4,6,8,15-16,18H,5,7,9-13H2,1-2H3. The maximum Gasteiger partial charge on any atom is 0.0370 e. The zero-order valence-corrected chi connectivity index (χ0v) is 12.8. The van der Waals surface area contributed by atoms with Gasteiger partial charge in [0.1, 0.15) is 0 Å². The summed E-state index contributed by atoms with van der Waals surface area (Å²) >= 11 is 0. The van der Waals surface area contributed by atoms with E-state index in [4.69, 9.17) is 0 Å². The number of rotatable bonds is 4. The summed E-state index contributed by atoms with van der Waals surface area (Å²) in [5.74, 6) is 0. The number of benzene rings is 1. The van der Waals surface area contributed by atoms with Crippen molar-refractivity contribution in [1.82, 2.24) is 9.80 Å². The predicted octanol–water partition coefficient (Wildman–Crippen LogP) is 2.58. The lowest BCUT2D eigenvalue weighted by molar-refractivity contribution is 0.0627. The Hall–Kier alpha value is -1.06. The Balaban J connectivity index is 1.49. The molecule has 110 valence electrons. The third-order valence-electron chi connectivity index (χ3n) is 4.93. The van der Waals surface area contributed by atoms with Gasteiger partial charge in [0, 0.05) is 44.0 Å². The van der Waals surface area contributed by atoms with Crippen molar-refractivity contribution in [2.45, 2.75) is 38.8 Å². The number of piperazine rings is 1. The Morgan fingerprint density at radius 2 is 2.10 bits per heavy atom. The molecule has 1 N–H and O–H groups in total. The first kappa shape index (κ1) is 13.9. The van der Waals surface area contributed by atoms with Crippen molar-refractivity contribution in [3.8, 4) is 0 Å². The highest BCUT2D eigenvalue weighted by Crippen LogP contribution is 2.24. The molecule has 3 rings (SSSR count). The molecule has 2 aliphatic heterocycles. The van der Waals surface area contributed by atoms with Gasteiger partial charge in [0.15, 0.2) is 0 Å². The summed E-state index contributed by atoms with van der Waals surface area (Å²) in [6.45, 7) is 10.6. The molecule has 1 aromatic rings.